The van der Waals surface area contributed by atoms with Crippen molar-refractivity contribution in [3.63, 3.8) is 0 Å². The third kappa shape index (κ3) is 3.15. The Morgan fingerprint density at radius 2 is 1.96 bits per heavy atom. The van der Waals surface area contributed by atoms with Gasteiger partial charge in [0.15, 0.2) is 0 Å². The van der Waals surface area contributed by atoms with Gasteiger partial charge < -0.3 is 5.32 Å². The SMILES string of the molecule is Cc1ccc(C(F)(F)F)cc1S(=O)(=O)N1CCCC2(CCNC2=O)C1. The molecular formula is C16H19F3N2O3S. The number of amides is 1. The number of hydrogen-bond donors (Lipinski definition) is 1. The van der Waals surface area contributed by atoms with Gasteiger partial charge in [0, 0.05) is 19.6 Å². The number of benzene rings is 1. The number of nitrogens with one attached hydrogen (secondary N) is 1. The molecule has 2 aliphatic rings. The highest BCUT2D eigenvalue weighted by molar-refractivity contribution is 7.89. The van der Waals surface area contributed by atoms with Crippen molar-refractivity contribution in [3.8, 4) is 0 Å². The molecule has 1 atom stereocenters. The predicted octanol–water partition coefficient (Wildman–Crippen LogP) is 2.30. The van der Waals surface area contributed by atoms with Crippen LogP contribution in [0.2, 0.25) is 0 Å². The van der Waals surface area contributed by atoms with Crippen LogP contribution in [0.3, 0.4) is 0 Å². The smallest absolute Gasteiger partial charge is 0.356 e. The quantitative estimate of drug-likeness (QED) is 0.861. The molecule has 0 bridgehead atoms. The summed E-state index contributed by atoms with van der Waals surface area (Å²) in [6.07, 6.45) is -2.98. The molecule has 1 aromatic carbocycles. The van der Waals surface area contributed by atoms with E-state index < -0.39 is 27.2 Å². The Bertz CT molecular complexity index is 807. The number of aryl methyl sites for hydroxylation is 1. The van der Waals surface area contributed by atoms with E-state index in [4.69, 9.17) is 0 Å². The molecule has 0 aliphatic carbocycles. The monoisotopic (exact) mass is 376 g/mol. The van der Waals surface area contributed by atoms with Crippen LogP contribution in [0.5, 0.6) is 0 Å². The summed E-state index contributed by atoms with van der Waals surface area (Å²) in [5.74, 6) is -0.173. The second-order valence-electron chi connectivity index (χ2n) is 6.71. The van der Waals surface area contributed by atoms with Crippen molar-refractivity contribution in [2.45, 2.75) is 37.3 Å². The molecule has 25 heavy (non-hydrogen) atoms. The highest BCUT2D eigenvalue weighted by Crippen LogP contribution is 2.39. The Hall–Kier alpha value is -1.61. The lowest BCUT2D eigenvalue weighted by atomic mass is 9.79. The number of halogens is 3. The maximum atomic E-state index is 13.0. The van der Waals surface area contributed by atoms with Gasteiger partial charge in [0.05, 0.1) is 15.9 Å². The number of carbonyl (C=O) groups is 1. The van der Waals surface area contributed by atoms with Crippen molar-refractivity contribution in [1.29, 1.82) is 0 Å². The third-order valence-corrected chi connectivity index (χ3v) is 7.03. The van der Waals surface area contributed by atoms with Crippen molar-refractivity contribution in [1.82, 2.24) is 9.62 Å². The van der Waals surface area contributed by atoms with Crippen molar-refractivity contribution < 1.29 is 26.4 Å². The van der Waals surface area contributed by atoms with Gasteiger partial charge in [-0.2, -0.15) is 17.5 Å². The van der Waals surface area contributed by atoms with Crippen LogP contribution in [0.15, 0.2) is 23.1 Å². The summed E-state index contributed by atoms with van der Waals surface area (Å²) in [6, 6.07) is 2.72. The number of rotatable bonds is 2. The van der Waals surface area contributed by atoms with Crippen molar-refractivity contribution in [3.05, 3.63) is 29.3 Å². The number of sulfonamides is 1. The molecule has 0 aromatic heterocycles. The van der Waals surface area contributed by atoms with Crippen LogP contribution in [-0.4, -0.2) is 38.3 Å². The number of hydrogen-bond acceptors (Lipinski definition) is 3. The molecule has 2 aliphatic heterocycles. The standard InChI is InChI=1S/C16H19F3N2O3S/c1-11-3-4-12(16(17,18)19)9-13(11)25(23,24)21-8-2-5-15(10-21)6-7-20-14(15)22/h3-4,9H,2,5-8,10H2,1H3,(H,20,22). The first kappa shape index (κ1) is 18.2. The summed E-state index contributed by atoms with van der Waals surface area (Å²) < 4.78 is 66.0. The van der Waals surface area contributed by atoms with Crippen molar-refractivity contribution in [2.24, 2.45) is 5.41 Å². The van der Waals surface area contributed by atoms with Gasteiger partial charge in [-0.05, 0) is 43.9 Å². The third-order valence-electron chi connectivity index (χ3n) is 5.05. The molecular weight excluding hydrogens is 357 g/mol. The Balaban J connectivity index is 1.98. The second-order valence-corrected chi connectivity index (χ2v) is 8.61. The molecule has 1 aromatic rings. The van der Waals surface area contributed by atoms with E-state index in [-0.39, 0.29) is 29.5 Å². The predicted molar refractivity (Wildman–Crippen MR) is 84.2 cm³/mol. The Labute approximate surface area is 144 Å². The first-order valence-corrected chi connectivity index (χ1v) is 9.47. The highest BCUT2D eigenvalue weighted by Gasteiger charge is 2.48. The zero-order chi connectivity index (χ0) is 18.5. The first-order valence-electron chi connectivity index (χ1n) is 8.03. The Morgan fingerprint density at radius 1 is 1.24 bits per heavy atom. The molecule has 138 valence electrons. The van der Waals surface area contributed by atoms with E-state index in [0.717, 1.165) is 16.4 Å². The molecule has 2 saturated heterocycles. The van der Waals surface area contributed by atoms with Gasteiger partial charge in [-0.15, -0.1) is 0 Å². The number of alkyl halides is 3. The maximum absolute atomic E-state index is 13.0. The van der Waals surface area contributed by atoms with Crippen LogP contribution in [0.25, 0.3) is 0 Å². The number of nitrogens with zero attached hydrogens (tertiary/aromatic N) is 1. The van der Waals surface area contributed by atoms with E-state index in [1.807, 2.05) is 0 Å². The van der Waals surface area contributed by atoms with E-state index in [1.165, 1.54) is 6.92 Å². The topological polar surface area (TPSA) is 66.5 Å². The summed E-state index contributed by atoms with van der Waals surface area (Å²) in [6.45, 7) is 2.17. The lowest BCUT2D eigenvalue weighted by Crippen LogP contribution is -2.49. The fourth-order valence-corrected chi connectivity index (χ4v) is 5.41. The molecule has 2 fully saturated rings. The van der Waals surface area contributed by atoms with Gasteiger partial charge in [0.2, 0.25) is 15.9 Å². The fraction of sp³-hybridized carbons (Fsp3) is 0.562. The van der Waals surface area contributed by atoms with Crippen LogP contribution in [-0.2, 0) is 21.0 Å². The molecule has 0 saturated carbocycles. The van der Waals surface area contributed by atoms with E-state index in [1.54, 1.807) is 0 Å². The van der Waals surface area contributed by atoms with E-state index in [0.29, 0.717) is 31.9 Å². The van der Waals surface area contributed by atoms with Crippen molar-refractivity contribution in [2.75, 3.05) is 19.6 Å². The average molecular weight is 376 g/mol. The second kappa shape index (κ2) is 5.98. The van der Waals surface area contributed by atoms with Gasteiger partial charge in [-0.1, -0.05) is 6.07 Å². The van der Waals surface area contributed by atoms with Crippen LogP contribution >= 0.6 is 0 Å². The zero-order valence-electron chi connectivity index (χ0n) is 13.7. The molecule has 1 spiro atoms. The summed E-state index contributed by atoms with van der Waals surface area (Å²) in [4.78, 5) is 11.8. The minimum absolute atomic E-state index is 0.0108. The first-order chi connectivity index (χ1) is 11.6. The van der Waals surface area contributed by atoms with Gasteiger partial charge in [-0.25, -0.2) is 8.42 Å². The van der Waals surface area contributed by atoms with Crippen LogP contribution in [0.4, 0.5) is 13.2 Å². The van der Waals surface area contributed by atoms with E-state index in [2.05, 4.69) is 5.32 Å². The lowest BCUT2D eigenvalue weighted by Gasteiger charge is -2.37. The fourth-order valence-electron chi connectivity index (χ4n) is 3.59. The summed E-state index contributed by atoms with van der Waals surface area (Å²) in [5.41, 5.74) is -1.51. The minimum Gasteiger partial charge on any atom is -0.356 e. The Morgan fingerprint density at radius 3 is 2.56 bits per heavy atom. The molecule has 1 N–H and O–H groups in total. The molecule has 1 unspecified atom stereocenters. The van der Waals surface area contributed by atoms with Crippen LogP contribution in [0.1, 0.15) is 30.4 Å². The number of piperidine rings is 1. The van der Waals surface area contributed by atoms with Crippen molar-refractivity contribution >= 4 is 15.9 Å². The maximum Gasteiger partial charge on any atom is 0.416 e. The van der Waals surface area contributed by atoms with Crippen LogP contribution < -0.4 is 5.32 Å². The van der Waals surface area contributed by atoms with Gasteiger partial charge in [0.25, 0.3) is 0 Å². The lowest BCUT2D eigenvalue weighted by molar-refractivity contribution is -0.137. The van der Waals surface area contributed by atoms with E-state index in [9.17, 15) is 26.4 Å². The largest absolute Gasteiger partial charge is 0.416 e. The average Bonchev–Trinajstić information content (AvgIpc) is 2.86. The molecule has 3 rings (SSSR count). The molecule has 1 amide bonds. The number of carbonyl (C=O) groups excluding carboxylic acids is 1. The zero-order valence-corrected chi connectivity index (χ0v) is 14.5. The summed E-state index contributed by atoms with van der Waals surface area (Å²) >= 11 is 0. The van der Waals surface area contributed by atoms with Gasteiger partial charge >= 0.3 is 6.18 Å². The summed E-state index contributed by atoms with van der Waals surface area (Å²) in [7, 11) is -4.11. The Kier molecular flexibility index (Phi) is 4.35. The van der Waals surface area contributed by atoms with Gasteiger partial charge in [0.1, 0.15) is 0 Å². The molecule has 2 heterocycles. The normalized spacial score (nSPS) is 25.4. The van der Waals surface area contributed by atoms with Crippen LogP contribution in [0, 0.1) is 12.3 Å². The molecule has 9 heteroatoms. The summed E-state index contributed by atoms with van der Waals surface area (Å²) in [5, 5.41) is 2.72. The molecule has 0 radical (unpaired) electrons. The van der Waals surface area contributed by atoms with E-state index >= 15 is 0 Å². The highest BCUT2D eigenvalue weighted by atomic mass is 32.2. The molecule has 5 nitrogen and oxygen atoms in total. The van der Waals surface area contributed by atoms with Gasteiger partial charge in [-0.3, -0.25) is 4.79 Å². The minimum atomic E-state index is -4.62.